The van der Waals surface area contributed by atoms with E-state index in [0.29, 0.717) is 99.5 Å². The van der Waals surface area contributed by atoms with Gasteiger partial charge in [0, 0.05) is 85.2 Å². The highest BCUT2D eigenvalue weighted by atomic mass is 35.5. The van der Waals surface area contributed by atoms with Crippen LogP contribution in [0, 0.1) is 0 Å². The zero-order valence-electron chi connectivity index (χ0n) is 32.8. The molecular weight excluding hydrogens is 805 g/mol. The van der Waals surface area contributed by atoms with E-state index >= 15 is 4.79 Å². The smallest absolute Gasteiger partial charge is 0.369 e. The lowest BCUT2D eigenvalue weighted by molar-refractivity contribution is -0.142. The van der Waals surface area contributed by atoms with Gasteiger partial charge < -0.3 is 9.80 Å². The normalized spacial score (nSPS) is 17.2. The molecule has 9 nitrogen and oxygen atoms in total. The molecule has 0 aliphatic carbocycles. The highest BCUT2D eigenvalue weighted by Crippen LogP contribution is 2.32. The zero-order chi connectivity index (χ0) is 41.6. The first-order valence-corrected chi connectivity index (χ1v) is 20.7. The van der Waals surface area contributed by atoms with Crippen molar-refractivity contribution in [2.24, 2.45) is 0 Å². The topological polar surface area (TPSA) is 65.7 Å². The Labute approximate surface area is 345 Å². The van der Waals surface area contributed by atoms with Crippen molar-refractivity contribution in [1.29, 1.82) is 0 Å². The van der Waals surface area contributed by atoms with E-state index in [-0.39, 0.29) is 18.9 Å². The highest BCUT2D eigenvalue weighted by Gasteiger charge is 2.41. The van der Waals surface area contributed by atoms with Gasteiger partial charge in [-0.05, 0) is 86.3 Å². The van der Waals surface area contributed by atoms with Crippen molar-refractivity contribution in [3.8, 4) is 0 Å². The van der Waals surface area contributed by atoms with Crippen LogP contribution in [0.5, 0.6) is 0 Å². The average Bonchev–Trinajstić information content (AvgIpc) is 3.82. The van der Waals surface area contributed by atoms with E-state index < -0.39 is 35.8 Å². The molecule has 2 atom stereocenters. The van der Waals surface area contributed by atoms with E-state index in [1.165, 1.54) is 9.36 Å². The number of alkyl halides is 6. The highest BCUT2D eigenvalue weighted by molar-refractivity contribution is 6.30. The number of ketones is 1. The van der Waals surface area contributed by atoms with Crippen LogP contribution in [-0.4, -0.2) is 99.6 Å². The van der Waals surface area contributed by atoms with Gasteiger partial charge >= 0.3 is 12.4 Å². The monoisotopic (exact) mass is 854 g/mol. The molecule has 2 saturated heterocycles. The van der Waals surface area contributed by atoms with Crippen molar-refractivity contribution < 1.29 is 31.1 Å². The van der Waals surface area contributed by atoms with Gasteiger partial charge in [-0.15, -0.1) is 0 Å². The number of Topliss-reactive ketones (excluding diaryl/α,β-unsaturated/α-hetero) is 1. The molecule has 0 bridgehead atoms. The number of hydrogen-bond donors (Lipinski definition) is 0. The lowest BCUT2D eigenvalue weighted by atomic mass is 9.99. The number of benzene rings is 2. The molecule has 58 heavy (non-hydrogen) atoms. The molecule has 2 fully saturated rings. The van der Waals surface area contributed by atoms with Gasteiger partial charge in [0.15, 0.2) is 17.2 Å². The number of nitrogens with zero attached hydrogens (tertiary/aromatic N) is 8. The molecule has 2 aliphatic rings. The second-order valence-electron chi connectivity index (χ2n) is 15.0. The Balaban J connectivity index is 1.37. The number of carbonyl (C=O) groups excluding carboxylic acids is 1. The zero-order valence-corrected chi connectivity index (χ0v) is 34.3. The summed E-state index contributed by atoms with van der Waals surface area (Å²) in [6, 6.07) is 15.1. The second-order valence-corrected chi connectivity index (χ2v) is 15.9. The lowest BCUT2D eigenvalue weighted by Crippen LogP contribution is -2.61. The lowest BCUT2D eigenvalue weighted by Gasteiger charge is -2.43. The molecule has 0 spiro atoms. The van der Waals surface area contributed by atoms with Crippen LogP contribution in [0.2, 0.25) is 10.0 Å². The predicted octanol–water partition coefficient (Wildman–Crippen LogP) is 8.76. The number of unbranched alkanes of at least 4 members (excludes halogenated alkanes) is 2. The molecule has 316 valence electrons. The maximum atomic E-state index is 15.4. The molecule has 0 amide bonds. The molecule has 2 aromatic heterocycles. The SMILES string of the molecule is CCCCc1cc(C(F)(F)F)nn1CC(C(=O)C(Cn1nc(C(F)(F)F)cc1CCCC)N1CCN(c2ccc(Cl)cc2)CC1)N1CCN(c2ccc(Cl)cc2)CC1. The first kappa shape index (κ1) is 43.8. The van der Waals surface area contributed by atoms with Gasteiger partial charge in [0.2, 0.25) is 0 Å². The van der Waals surface area contributed by atoms with Crippen molar-refractivity contribution in [1.82, 2.24) is 29.4 Å². The summed E-state index contributed by atoms with van der Waals surface area (Å²) in [7, 11) is 0. The summed E-state index contributed by atoms with van der Waals surface area (Å²) < 4.78 is 87.3. The summed E-state index contributed by atoms with van der Waals surface area (Å²) in [4.78, 5) is 23.7. The Hall–Kier alpha value is -3.79. The number of hydrogen-bond acceptors (Lipinski definition) is 7. The van der Waals surface area contributed by atoms with E-state index in [1.807, 2.05) is 47.9 Å². The van der Waals surface area contributed by atoms with Crippen molar-refractivity contribution in [2.45, 2.75) is 89.9 Å². The van der Waals surface area contributed by atoms with Crippen LogP contribution in [0.4, 0.5) is 37.7 Å². The van der Waals surface area contributed by atoms with Crippen LogP contribution < -0.4 is 9.80 Å². The average molecular weight is 856 g/mol. The fraction of sp³-hybridized carbons (Fsp3) is 0.537. The van der Waals surface area contributed by atoms with E-state index in [2.05, 4.69) is 20.0 Å². The Morgan fingerprint density at radius 3 is 1.26 bits per heavy atom. The Bertz CT molecular complexity index is 1800. The summed E-state index contributed by atoms with van der Waals surface area (Å²) in [5.74, 6) is -0.295. The number of halogens is 8. The van der Waals surface area contributed by atoms with Crippen LogP contribution >= 0.6 is 23.2 Å². The quantitative estimate of drug-likeness (QED) is 0.105. The fourth-order valence-corrected chi connectivity index (χ4v) is 8.08. The Morgan fingerprint density at radius 2 is 0.948 bits per heavy atom. The summed E-state index contributed by atoms with van der Waals surface area (Å²) >= 11 is 12.3. The summed E-state index contributed by atoms with van der Waals surface area (Å²) in [6.07, 6.45) is -5.94. The Kier molecular flexibility index (Phi) is 14.4. The molecular formula is C41H50Cl2F6N8O. The standard InChI is InChI=1S/C41H50Cl2F6N8O/c1-3-5-7-33-25-37(40(44,45)46)50-56(33)27-35(54-21-17-52(18-22-54)31-13-9-29(42)10-14-31)39(58)36(28-57-34(8-6-4-2)26-38(51-57)41(47,48)49)55-23-19-53(20-24-55)32-15-11-30(43)12-16-32/h9-16,25-26,35-36H,3-8,17-24,27-28H2,1-2H3. The molecule has 6 rings (SSSR count). The van der Waals surface area contributed by atoms with Gasteiger partial charge in [-0.25, -0.2) is 0 Å². The van der Waals surface area contributed by atoms with Crippen molar-refractivity contribution in [3.63, 3.8) is 0 Å². The largest absolute Gasteiger partial charge is 0.435 e. The van der Waals surface area contributed by atoms with Gasteiger partial charge in [-0.3, -0.25) is 24.0 Å². The number of aromatic nitrogens is 4. The number of rotatable bonds is 16. The molecule has 2 unspecified atom stereocenters. The summed E-state index contributed by atoms with van der Waals surface area (Å²) in [6.45, 7) is 7.36. The first-order valence-electron chi connectivity index (χ1n) is 19.9. The van der Waals surface area contributed by atoms with Crippen LogP contribution in [-0.2, 0) is 43.1 Å². The Morgan fingerprint density at radius 1 is 0.603 bits per heavy atom. The van der Waals surface area contributed by atoms with Gasteiger partial charge in [0.05, 0.1) is 25.2 Å². The summed E-state index contributed by atoms with van der Waals surface area (Å²) in [5, 5.41) is 9.24. The molecule has 2 aromatic carbocycles. The first-order chi connectivity index (χ1) is 27.6. The van der Waals surface area contributed by atoms with Crippen LogP contribution in [0.1, 0.15) is 62.3 Å². The van der Waals surface area contributed by atoms with E-state index in [0.717, 1.165) is 36.3 Å². The minimum atomic E-state index is -4.69. The van der Waals surface area contributed by atoms with E-state index in [4.69, 9.17) is 23.2 Å². The van der Waals surface area contributed by atoms with Gasteiger partial charge in [-0.1, -0.05) is 49.9 Å². The maximum absolute atomic E-state index is 15.4. The van der Waals surface area contributed by atoms with Crippen molar-refractivity contribution in [2.75, 3.05) is 62.2 Å². The molecule has 4 heterocycles. The van der Waals surface area contributed by atoms with Crippen molar-refractivity contribution >= 4 is 40.4 Å². The third-order valence-electron chi connectivity index (χ3n) is 11.1. The molecule has 4 aromatic rings. The molecule has 0 N–H and O–H groups in total. The third-order valence-corrected chi connectivity index (χ3v) is 11.6. The van der Waals surface area contributed by atoms with Crippen LogP contribution in [0.25, 0.3) is 0 Å². The molecule has 0 radical (unpaired) electrons. The molecule has 2 aliphatic heterocycles. The predicted molar refractivity (Wildman–Crippen MR) is 215 cm³/mol. The minimum absolute atomic E-state index is 0.147. The summed E-state index contributed by atoms with van der Waals surface area (Å²) in [5.41, 5.74) is 0.608. The van der Waals surface area contributed by atoms with Gasteiger partial charge in [0.25, 0.3) is 0 Å². The second kappa shape index (κ2) is 19.1. The fourth-order valence-electron chi connectivity index (χ4n) is 7.83. The number of piperazine rings is 2. The van der Waals surface area contributed by atoms with Crippen LogP contribution in [0.3, 0.4) is 0 Å². The molecule has 0 saturated carbocycles. The number of carbonyl (C=O) groups is 1. The van der Waals surface area contributed by atoms with E-state index in [9.17, 15) is 26.3 Å². The van der Waals surface area contributed by atoms with Gasteiger partial charge in [-0.2, -0.15) is 36.5 Å². The van der Waals surface area contributed by atoms with Crippen molar-refractivity contribution in [3.05, 3.63) is 93.5 Å². The molecule has 17 heteroatoms. The van der Waals surface area contributed by atoms with Gasteiger partial charge in [0.1, 0.15) is 0 Å². The maximum Gasteiger partial charge on any atom is 0.435 e. The number of aryl methyl sites for hydroxylation is 2. The van der Waals surface area contributed by atoms with Crippen LogP contribution in [0.15, 0.2) is 60.7 Å². The minimum Gasteiger partial charge on any atom is -0.369 e. The third kappa shape index (κ3) is 10.9. The number of anilines is 2. The van der Waals surface area contributed by atoms with E-state index in [1.54, 1.807) is 24.3 Å².